The van der Waals surface area contributed by atoms with Gasteiger partial charge in [-0.25, -0.2) is 4.39 Å². The van der Waals surface area contributed by atoms with Crippen LogP contribution in [0.2, 0.25) is 0 Å². The zero-order valence-corrected chi connectivity index (χ0v) is 17.2. The summed E-state index contributed by atoms with van der Waals surface area (Å²) in [4.78, 5) is 24.6. The molecule has 7 atom stereocenters. The van der Waals surface area contributed by atoms with Gasteiger partial charge in [0.15, 0.2) is 10.9 Å². The number of alkyl halides is 1. The first kappa shape index (κ1) is 19.2. The maximum atomic E-state index is 12.8. The predicted molar refractivity (Wildman–Crippen MR) is 105 cm³/mol. The van der Waals surface area contributed by atoms with E-state index in [1.165, 1.54) is 6.08 Å². The Labute approximate surface area is 164 Å². The Balaban J connectivity index is 1.68. The van der Waals surface area contributed by atoms with Crippen molar-refractivity contribution < 1.29 is 19.1 Å². The molecule has 5 heteroatoms. The van der Waals surface area contributed by atoms with E-state index < -0.39 is 11.4 Å². The van der Waals surface area contributed by atoms with Crippen molar-refractivity contribution in [2.45, 2.75) is 52.9 Å². The van der Waals surface area contributed by atoms with E-state index in [1.807, 2.05) is 0 Å². The summed E-state index contributed by atoms with van der Waals surface area (Å²) in [6, 6.07) is -0.645. The smallest absolute Gasteiger partial charge is 0.195 e. The molecule has 3 fully saturated rings. The molecule has 4 aliphatic rings. The fourth-order valence-electron chi connectivity index (χ4n) is 7.31. The number of aliphatic hydroxyl groups excluding tert-OH is 1. The van der Waals surface area contributed by atoms with Crippen LogP contribution in [-0.4, -0.2) is 22.0 Å². The lowest BCUT2D eigenvalue weighted by Gasteiger charge is -2.57. The van der Waals surface area contributed by atoms with Crippen molar-refractivity contribution >= 4 is 22.7 Å². The highest BCUT2D eigenvalue weighted by atomic mass is 32.2. The molecule has 0 aromatic rings. The summed E-state index contributed by atoms with van der Waals surface area (Å²) in [5.74, 6) is 1.46. The van der Waals surface area contributed by atoms with Crippen LogP contribution < -0.4 is 0 Å². The molecule has 27 heavy (non-hydrogen) atoms. The molecule has 0 heterocycles. The number of allylic oxidation sites excluding steroid dienone is 3. The van der Waals surface area contributed by atoms with E-state index in [0.717, 1.165) is 49.4 Å². The number of carbonyl (C=O) groups excluding carboxylic acids is 2. The van der Waals surface area contributed by atoms with Crippen molar-refractivity contribution in [3.8, 4) is 0 Å². The Kier molecular flexibility index (Phi) is 4.60. The number of thioether (sulfide) groups is 1. The Hall–Kier alpha value is -1.10. The van der Waals surface area contributed by atoms with Crippen LogP contribution in [0.25, 0.3) is 0 Å². The molecule has 0 unspecified atom stereocenters. The summed E-state index contributed by atoms with van der Waals surface area (Å²) in [5.41, 5.74) is 0.544. The summed E-state index contributed by atoms with van der Waals surface area (Å²) in [6.07, 6.45) is 7.83. The van der Waals surface area contributed by atoms with Gasteiger partial charge in [-0.2, -0.15) is 0 Å². The van der Waals surface area contributed by atoms with Crippen LogP contribution >= 0.6 is 11.8 Å². The molecule has 0 aliphatic heterocycles. The fourth-order valence-corrected chi connectivity index (χ4v) is 8.10. The van der Waals surface area contributed by atoms with Crippen molar-refractivity contribution in [3.63, 3.8) is 0 Å². The van der Waals surface area contributed by atoms with Crippen molar-refractivity contribution in [2.75, 3.05) is 6.01 Å². The van der Waals surface area contributed by atoms with Gasteiger partial charge < -0.3 is 5.11 Å². The number of hydrogen-bond donors (Lipinski definition) is 1. The quantitative estimate of drug-likeness (QED) is 0.699. The van der Waals surface area contributed by atoms with Crippen LogP contribution in [0.15, 0.2) is 23.5 Å². The zero-order valence-electron chi connectivity index (χ0n) is 16.3. The van der Waals surface area contributed by atoms with Crippen molar-refractivity contribution in [2.24, 2.45) is 40.4 Å². The van der Waals surface area contributed by atoms with Gasteiger partial charge in [-0.3, -0.25) is 9.59 Å². The lowest BCUT2D eigenvalue weighted by molar-refractivity contribution is -0.122. The molecule has 0 saturated heterocycles. The number of ketones is 1. The topological polar surface area (TPSA) is 54.4 Å². The van der Waals surface area contributed by atoms with Gasteiger partial charge in [0.2, 0.25) is 0 Å². The molecule has 0 bridgehead atoms. The number of hydrogen-bond acceptors (Lipinski definition) is 4. The molecule has 0 spiro atoms. The molecule has 0 amide bonds. The second-order valence-electron chi connectivity index (χ2n) is 9.53. The van der Waals surface area contributed by atoms with E-state index in [-0.39, 0.29) is 33.9 Å². The molecule has 0 radical (unpaired) electrons. The molecule has 4 rings (SSSR count). The van der Waals surface area contributed by atoms with Crippen LogP contribution in [0.3, 0.4) is 0 Å². The standard InChI is InChI=1S/C22H29FO3S/c1-12-8-17-15-5-4-13-9-14(24)10-18(25)22(13,3)16(15)6-7-21(17,2)19(12)20(26)27-11-23/h9-10,12,15-17,19,25H,4-8,11H2,1-3H3/t12-,15-,16+,17+,19-,21+,22+/m1/s1. The molecule has 1 N–H and O–H groups in total. The number of rotatable bonds is 2. The van der Waals surface area contributed by atoms with E-state index in [0.29, 0.717) is 17.8 Å². The third kappa shape index (κ3) is 2.60. The number of carbonyl (C=O) groups is 2. The Bertz CT molecular complexity index is 744. The maximum Gasteiger partial charge on any atom is 0.195 e. The summed E-state index contributed by atoms with van der Waals surface area (Å²) >= 11 is 0.833. The molecule has 4 aliphatic carbocycles. The van der Waals surface area contributed by atoms with Gasteiger partial charge in [-0.05, 0) is 74.2 Å². The average molecular weight is 393 g/mol. The monoisotopic (exact) mass is 392 g/mol. The van der Waals surface area contributed by atoms with Crippen molar-refractivity contribution in [3.05, 3.63) is 23.5 Å². The normalized spacial score (nSPS) is 46.1. The predicted octanol–water partition coefficient (Wildman–Crippen LogP) is 5.23. The van der Waals surface area contributed by atoms with Crippen LogP contribution in [0.4, 0.5) is 4.39 Å². The first-order chi connectivity index (χ1) is 12.7. The number of aliphatic hydroxyl groups is 1. The molecule has 3 saturated carbocycles. The lowest BCUT2D eigenvalue weighted by Crippen LogP contribution is -2.51. The second kappa shape index (κ2) is 6.47. The van der Waals surface area contributed by atoms with Crippen molar-refractivity contribution in [1.29, 1.82) is 0 Å². The largest absolute Gasteiger partial charge is 0.511 e. The van der Waals surface area contributed by atoms with Crippen LogP contribution in [0.5, 0.6) is 0 Å². The van der Waals surface area contributed by atoms with Gasteiger partial charge in [-0.1, -0.05) is 31.2 Å². The maximum absolute atomic E-state index is 12.8. The van der Waals surface area contributed by atoms with Gasteiger partial charge in [0, 0.05) is 17.4 Å². The van der Waals surface area contributed by atoms with E-state index in [2.05, 4.69) is 20.8 Å². The Morgan fingerprint density at radius 1 is 1.30 bits per heavy atom. The fraction of sp³-hybridized carbons (Fsp3) is 0.727. The highest BCUT2D eigenvalue weighted by Crippen LogP contribution is 2.68. The second-order valence-corrected chi connectivity index (χ2v) is 10.4. The SMILES string of the molecule is C[C@@H]1C[C@H]2[C@@H]3CCC4=CC(=O)C=C(O)[C@]4(C)[C@H]3CC[C@]2(C)[C@H]1C(=O)SCF. The lowest BCUT2D eigenvalue weighted by atomic mass is 9.47. The molecule has 0 aromatic carbocycles. The highest BCUT2D eigenvalue weighted by molar-refractivity contribution is 8.13. The van der Waals surface area contributed by atoms with Gasteiger partial charge >= 0.3 is 0 Å². The first-order valence-corrected chi connectivity index (χ1v) is 11.1. The van der Waals surface area contributed by atoms with E-state index in [9.17, 15) is 19.1 Å². The van der Waals surface area contributed by atoms with Gasteiger partial charge in [0.05, 0.1) is 0 Å². The molecular weight excluding hydrogens is 363 g/mol. The third-order valence-electron chi connectivity index (χ3n) is 8.51. The Morgan fingerprint density at radius 3 is 2.74 bits per heavy atom. The minimum absolute atomic E-state index is 0.0158. The molecule has 148 valence electrons. The van der Waals surface area contributed by atoms with Gasteiger partial charge in [0.25, 0.3) is 0 Å². The van der Waals surface area contributed by atoms with Crippen LogP contribution in [-0.2, 0) is 9.59 Å². The zero-order chi connectivity index (χ0) is 19.6. The summed E-state index contributed by atoms with van der Waals surface area (Å²) in [5, 5.41) is 10.8. The highest BCUT2D eigenvalue weighted by Gasteiger charge is 2.62. The number of fused-ring (bicyclic) bond motifs is 5. The van der Waals surface area contributed by atoms with Crippen LogP contribution in [0.1, 0.15) is 52.9 Å². The number of halogens is 1. The Morgan fingerprint density at radius 2 is 2.04 bits per heavy atom. The van der Waals surface area contributed by atoms with Crippen molar-refractivity contribution in [1.82, 2.24) is 0 Å². The molecular formula is C22H29FO3S. The minimum atomic E-state index is -0.645. The van der Waals surface area contributed by atoms with Crippen LogP contribution in [0, 0.1) is 40.4 Å². The van der Waals surface area contributed by atoms with Gasteiger partial charge in [0.1, 0.15) is 11.8 Å². The summed E-state index contributed by atoms with van der Waals surface area (Å²) < 4.78 is 12.8. The third-order valence-corrected chi connectivity index (χ3v) is 9.16. The molecule has 0 aromatic heterocycles. The molecule has 3 nitrogen and oxygen atoms in total. The summed E-state index contributed by atoms with van der Waals surface area (Å²) in [6.45, 7) is 6.48. The average Bonchev–Trinajstić information content (AvgIpc) is 2.87. The van der Waals surface area contributed by atoms with E-state index in [4.69, 9.17) is 0 Å². The van der Waals surface area contributed by atoms with E-state index >= 15 is 0 Å². The minimum Gasteiger partial charge on any atom is -0.511 e. The van der Waals surface area contributed by atoms with Gasteiger partial charge in [-0.15, -0.1) is 0 Å². The summed E-state index contributed by atoms with van der Waals surface area (Å²) in [7, 11) is 0. The first-order valence-electron chi connectivity index (χ1n) is 10.1. The van der Waals surface area contributed by atoms with E-state index in [1.54, 1.807) is 6.08 Å².